The number of benzene rings is 2. The average Bonchev–Trinajstić information content (AvgIpc) is 3.30. The molecule has 2 amide bonds. The van der Waals surface area contributed by atoms with Crippen LogP contribution in [0.4, 0.5) is 0 Å². The van der Waals surface area contributed by atoms with Crippen molar-refractivity contribution in [3.05, 3.63) is 96.8 Å². The van der Waals surface area contributed by atoms with Crippen molar-refractivity contribution in [2.24, 2.45) is 0 Å². The third-order valence-electron chi connectivity index (χ3n) is 4.80. The standard InChI is InChI=1S/C23H21N5O2/c29-22(20-6-5-18-3-1-2-4-19(18)13-20)27-21(15-28-12-11-25-16-28)23(30)26-14-17-7-9-24-10-8-17/h1-13,16,21H,14-15H2,(H,26,30)(H,27,29). The number of carbonyl (C=O) groups excluding carboxylic acids is 2. The van der Waals surface area contributed by atoms with Crippen molar-refractivity contribution in [2.75, 3.05) is 0 Å². The summed E-state index contributed by atoms with van der Waals surface area (Å²) < 4.78 is 1.76. The van der Waals surface area contributed by atoms with Gasteiger partial charge in [-0.2, -0.15) is 0 Å². The van der Waals surface area contributed by atoms with Crippen LogP contribution in [-0.4, -0.2) is 32.4 Å². The van der Waals surface area contributed by atoms with Gasteiger partial charge < -0.3 is 15.2 Å². The van der Waals surface area contributed by atoms with E-state index in [1.54, 1.807) is 41.7 Å². The smallest absolute Gasteiger partial charge is 0.252 e. The molecule has 7 heteroatoms. The highest BCUT2D eigenvalue weighted by atomic mass is 16.2. The molecule has 2 heterocycles. The van der Waals surface area contributed by atoms with Crippen LogP contribution >= 0.6 is 0 Å². The van der Waals surface area contributed by atoms with Gasteiger partial charge in [0.1, 0.15) is 6.04 Å². The SMILES string of the molecule is O=C(NC(Cn1ccnc1)C(=O)NCc1ccncc1)c1ccc2ccccc2c1. The maximum Gasteiger partial charge on any atom is 0.252 e. The highest BCUT2D eigenvalue weighted by Gasteiger charge is 2.22. The summed E-state index contributed by atoms with van der Waals surface area (Å²) in [5, 5.41) is 7.77. The second-order valence-electron chi connectivity index (χ2n) is 6.92. The zero-order chi connectivity index (χ0) is 20.8. The first-order chi connectivity index (χ1) is 14.7. The summed E-state index contributed by atoms with van der Waals surface area (Å²) in [7, 11) is 0. The minimum absolute atomic E-state index is 0.269. The molecular weight excluding hydrogens is 378 g/mol. The van der Waals surface area contributed by atoms with Crippen molar-refractivity contribution in [1.82, 2.24) is 25.2 Å². The van der Waals surface area contributed by atoms with Gasteiger partial charge in [-0.1, -0.05) is 30.3 Å². The molecule has 0 aliphatic carbocycles. The maximum atomic E-state index is 12.9. The van der Waals surface area contributed by atoms with Gasteiger partial charge in [0.05, 0.1) is 12.9 Å². The third kappa shape index (κ3) is 4.70. The second-order valence-corrected chi connectivity index (χ2v) is 6.92. The fourth-order valence-electron chi connectivity index (χ4n) is 3.18. The summed E-state index contributed by atoms with van der Waals surface area (Å²) in [6.45, 7) is 0.634. The van der Waals surface area contributed by atoms with E-state index in [1.807, 2.05) is 48.5 Å². The summed E-state index contributed by atoms with van der Waals surface area (Å²) in [5.74, 6) is -0.570. The Bertz CT molecular complexity index is 1140. The Morgan fingerprint density at radius 2 is 1.73 bits per heavy atom. The van der Waals surface area contributed by atoms with Gasteiger partial charge in [0, 0.05) is 36.9 Å². The molecule has 2 aromatic carbocycles. The van der Waals surface area contributed by atoms with E-state index in [1.165, 1.54) is 0 Å². The molecule has 4 rings (SSSR count). The molecule has 7 nitrogen and oxygen atoms in total. The summed E-state index contributed by atoms with van der Waals surface area (Å²) in [6, 6.07) is 16.2. The van der Waals surface area contributed by atoms with Gasteiger partial charge in [0.15, 0.2) is 0 Å². The number of aromatic nitrogens is 3. The van der Waals surface area contributed by atoms with E-state index in [9.17, 15) is 9.59 Å². The van der Waals surface area contributed by atoms with Gasteiger partial charge in [0.2, 0.25) is 5.91 Å². The Morgan fingerprint density at radius 1 is 0.933 bits per heavy atom. The lowest BCUT2D eigenvalue weighted by Gasteiger charge is -2.19. The minimum atomic E-state index is -0.750. The summed E-state index contributed by atoms with van der Waals surface area (Å²) in [6.07, 6.45) is 8.35. The number of hydrogen-bond acceptors (Lipinski definition) is 4. The number of nitrogens with one attached hydrogen (secondary N) is 2. The van der Waals surface area contributed by atoms with Crippen LogP contribution in [0.1, 0.15) is 15.9 Å². The molecule has 1 atom stereocenters. The zero-order valence-corrected chi connectivity index (χ0v) is 16.2. The summed E-state index contributed by atoms with van der Waals surface area (Å²) >= 11 is 0. The van der Waals surface area contributed by atoms with Gasteiger partial charge in [-0.25, -0.2) is 4.98 Å². The van der Waals surface area contributed by atoms with E-state index < -0.39 is 6.04 Å². The molecule has 0 radical (unpaired) electrons. The number of amides is 2. The van der Waals surface area contributed by atoms with E-state index in [0.717, 1.165) is 16.3 Å². The van der Waals surface area contributed by atoms with Crippen LogP contribution in [-0.2, 0) is 17.9 Å². The maximum absolute atomic E-state index is 12.9. The fourth-order valence-corrected chi connectivity index (χ4v) is 3.18. The molecule has 0 saturated heterocycles. The number of hydrogen-bond donors (Lipinski definition) is 2. The summed E-state index contributed by atoms with van der Waals surface area (Å²) in [5.41, 5.74) is 1.44. The minimum Gasteiger partial charge on any atom is -0.350 e. The van der Waals surface area contributed by atoms with E-state index in [0.29, 0.717) is 12.1 Å². The second kappa shape index (κ2) is 9.00. The average molecular weight is 399 g/mol. The van der Waals surface area contributed by atoms with Gasteiger partial charge in [0.25, 0.3) is 5.91 Å². The quantitative estimate of drug-likeness (QED) is 0.500. The highest BCUT2D eigenvalue weighted by molar-refractivity contribution is 6.00. The van der Waals surface area contributed by atoms with Crippen LogP contribution in [0.5, 0.6) is 0 Å². The normalized spacial score (nSPS) is 11.7. The molecule has 150 valence electrons. The number of nitrogens with zero attached hydrogens (tertiary/aromatic N) is 3. The molecule has 4 aromatic rings. The molecule has 0 spiro atoms. The number of carbonyl (C=O) groups is 2. The van der Waals surface area contributed by atoms with Crippen molar-refractivity contribution in [2.45, 2.75) is 19.1 Å². The van der Waals surface area contributed by atoms with Crippen molar-refractivity contribution in [1.29, 1.82) is 0 Å². The van der Waals surface area contributed by atoms with Gasteiger partial charge in [-0.15, -0.1) is 0 Å². The van der Waals surface area contributed by atoms with Gasteiger partial charge in [-0.3, -0.25) is 14.6 Å². The predicted octanol–water partition coefficient (Wildman–Crippen LogP) is 2.55. The molecule has 2 N–H and O–H groups in total. The van der Waals surface area contributed by atoms with Crippen molar-refractivity contribution in [3.63, 3.8) is 0 Å². The van der Waals surface area contributed by atoms with Crippen molar-refractivity contribution < 1.29 is 9.59 Å². The number of fused-ring (bicyclic) bond motifs is 1. The van der Waals surface area contributed by atoms with Crippen LogP contribution in [0, 0.1) is 0 Å². The van der Waals surface area contributed by atoms with Crippen LogP contribution in [0.15, 0.2) is 85.7 Å². The lowest BCUT2D eigenvalue weighted by Crippen LogP contribution is -2.48. The number of imidazole rings is 1. The predicted molar refractivity (Wildman–Crippen MR) is 114 cm³/mol. The van der Waals surface area contributed by atoms with Gasteiger partial charge >= 0.3 is 0 Å². The van der Waals surface area contributed by atoms with E-state index in [-0.39, 0.29) is 18.4 Å². The van der Waals surface area contributed by atoms with Crippen LogP contribution < -0.4 is 10.6 Å². The molecule has 30 heavy (non-hydrogen) atoms. The van der Waals surface area contributed by atoms with Crippen LogP contribution in [0.3, 0.4) is 0 Å². The number of rotatable bonds is 7. The van der Waals surface area contributed by atoms with Crippen LogP contribution in [0.25, 0.3) is 10.8 Å². The monoisotopic (exact) mass is 399 g/mol. The Labute approximate surface area is 173 Å². The Balaban J connectivity index is 1.49. The Kier molecular flexibility index (Phi) is 5.80. The summed E-state index contributed by atoms with van der Waals surface area (Å²) in [4.78, 5) is 33.7. The topological polar surface area (TPSA) is 88.9 Å². The molecule has 0 fully saturated rings. The van der Waals surface area contributed by atoms with Crippen LogP contribution in [0.2, 0.25) is 0 Å². The first kappa shape index (κ1) is 19.3. The van der Waals surface area contributed by atoms with E-state index in [4.69, 9.17) is 0 Å². The zero-order valence-electron chi connectivity index (χ0n) is 16.2. The molecule has 0 aliphatic heterocycles. The molecule has 0 aliphatic rings. The first-order valence-electron chi connectivity index (χ1n) is 9.61. The largest absolute Gasteiger partial charge is 0.350 e. The molecule has 0 saturated carbocycles. The Hall–Kier alpha value is -4.00. The third-order valence-corrected chi connectivity index (χ3v) is 4.80. The lowest BCUT2D eigenvalue weighted by molar-refractivity contribution is -0.123. The van der Waals surface area contributed by atoms with Crippen molar-refractivity contribution in [3.8, 4) is 0 Å². The van der Waals surface area contributed by atoms with Gasteiger partial charge in [-0.05, 0) is 40.6 Å². The molecule has 1 unspecified atom stereocenters. The Morgan fingerprint density at radius 3 is 2.50 bits per heavy atom. The van der Waals surface area contributed by atoms with E-state index >= 15 is 0 Å². The lowest BCUT2D eigenvalue weighted by atomic mass is 10.1. The number of pyridine rings is 1. The molecular formula is C23H21N5O2. The molecule has 0 bridgehead atoms. The van der Waals surface area contributed by atoms with Crippen molar-refractivity contribution >= 4 is 22.6 Å². The van der Waals surface area contributed by atoms with E-state index in [2.05, 4.69) is 20.6 Å². The molecule has 2 aromatic heterocycles. The first-order valence-corrected chi connectivity index (χ1v) is 9.61. The fraction of sp³-hybridized carbons (Fsp3) is 0.130. The highest BCUT2D eigenvalue weighted by Crippen LogP contribution is 2.15.